The molecule has 0 heterocycles. The van der Waals surface area contributed by atoms with Gasteiger partial charge >= 0.3 is 5.97 Å². The van der Waals surface area contributed by atoms with E-state index in [4.69, 9.17) is 10.8 Å². The van der Waals surface area contributed by atoms with Crippen molar-refractivity contribution >= 4 is 5.97 Å². The molecule has 4 heteroatoms. The van der Waals surface area contributed by atoms with Crippen molar-refractivity contribution in [2.75, 3.05) is 0 Å². The number of hydrogen-bond acceptors (Lipinski definition) is 2. The summed E-state index contributed by atoms with van der Waals surface area (Å²) in [5, 5.41) is 8.77. The summed E-state index contributed by atoms with van der Waals surface area (Å²) in [5.74, 6) is -0.636. The standard InChI is InChI=1S/C10H19NO2.Cu/c11-9(10(12)13)8-6-4-2-1-3-5-7-8;/h8-9H,1-7,11H2,(H,12,13);. The summed E-state index contributed by atoms with van der Waals surface area (Å²) in [6.45, 7) is 0. The van der Waals surface area contributed by atoms with Gasteiger partial charge in [0.1, 0.15) is 6.04 Å². The van der Waals surface area contributed by atoms with Crippen LogP contribution in [0.4, 0.5) is 0 Å². The Hall–Kier alpha value is -0.0505. The minimum atomic E-state index is -0.842. The Morgan fingerprint density at radius 3 is 2.00 bits per heavy atom. The van der Waals surface area contributed by atoms with Gasteiger partial charge in [-0.05, 0) is 18.8 Å². The number of aliphatic carboxylic acids is 1. The second-order valence-corrected chi connectivity index (χ2v) is 3.97. The third kappa shape index (κ3) is 4.45. The van der Waals surface area contributed by atoms with Crippen molar-refractivity contribution in [1.29, 1.82) is 0 Å². The SMILES string of the molecule is NC(C(=O)O)C1CCCCCCC1.[Cu]. The molecule has 0 aromatic rings. The van der Waals surface area contributed by atoms with Gasteiger partial charge in [0.15, 0.2) is 0 Å². The van der Waals surface area contributed by atoms with E-state index in [2.05, 4.69) is 0 Å². The number of rotatable bonds is 2. The molecule has 3 N–H and O–H groups in total. The molecule has 1 atom stereocenters. The van der Waals surface area contributed by atoms with Gasteiger partial charge in [-0.1, -0.05) is 32.1 Å². The first kappa shape index (κ1) is 13.9. The first-order chi connectivity index (χ1) is 6.22. The van der Waals surface area contributed by atoms with Crippen molar-refractivity contribution in [3.63, 3.8) is 0 Å². The van der Waals surface area contributed by atoms with E-state index in [9.17, 15) is 4.79 Å². The zero-order valence-corrected chi connectivity index (χ0v) is 9.28. The van der Waals surface area contributed by atoms with Crippen molar-refractivity contribution in [1.82, 2.24) is 0 Å². The third-order valence-electron chi connectivity index (χ3n) is 2.94. The number of carbonyl (C=O) groups is 1. The van der Waals surface area contributed by atoms with Crippen molar-refractivity contribution in [3.05, 3.63) is 0 Å². The Balaban J connectivity index is 0.00000169. The van der Waals surface area contributed by atoms with Crippen LogP contribution in [0.25, 0.3) is 0 Å². The number of hydrogen-bond donors (Lipinski definition) is 2. The normalized spacial score (nSPS) is 21.5. The molecule has 1 aliphatic rings. The molecular formula is C10H19CuNO2. The molecule has 14 heavy (non-hydrogen) atoms. The zero-order chi connectivity index (χ0) is 9.68. The molecule has 1 radical (unpaired) electrons. The van der Waals surface area contributed by atoms with Crippen LogP contribution >= 0.6 is 0 Å². The molecule has 0 amide bonds. The van der Waals surface area contributed by atoms with Gasteiger partial charge in [-0.15, -0.1) is 0 Å². The zero-order valence-electron chi connectivity index (χ0n) is 8.34. The minimum Gasteiger partial charge on any atom is -0.480 e. The number of nitrogens with two attached hydrogens (primary N) is 1. The van der Waals surface area contributed by atoms with Gasteiger partial charge in [-0.3, -0.25) is 4.79 Å². The topological polar surface area (TPSA) is 63.3 Å². The maximum Gasteiger partial charge on any atom is 0.320 e. The summed E-state index contributed by atoms with van der Waals surface area (Å²) >= 11 is 0. The average molecular weight is 249 g/mol. The van der Waals surface area contributed by atoms with Crippen LogP contribution in [0.1, 0.15) is 44.9 Å². The molecule has 0 aromatic heterocycles. The summed E-state index contributed by atoms with van der Waals surface area (Å²) in [6.07, 6.45) is 8.05. The quantitative estimate of drug-likeness (QED) is 0.732. The van der Waals surface area contributed by atoms with E-state index in [1.807, 2.05) is 0 Å². The Morgan fingerprint density at radius 1 is 1.14 bits per heavy atom. The van der Waals surface area contributed by atoms with E-state index < -0.39 is 12.0 Å². The predicted molar refractivity (Wildman–Crippen MR) is 51.4 cm³/mol. The van der Waals surface area contributed by atoms with Crippen molar-refractivity contribution in [3.8, 4) is 0 Å². The molecule has 1 fully saturated rings. The van der Waals surface area contributed by atoms with E-state index in [1.165, 1.54) is 19.3 Å². The smallest absolute Gasteiger partial charge is 0.320 e. The fourth-order valence-corrected chi connectivity index (χ4v) is 2.05. The largest absolute Gasteiger partial charge is 0.480 e. The molecule has 3 nitrogen and oxygen atoms in total. The molecule has 1 aliphatic carbocycles. The van der Waals surface area contributed by atoms with Gasteiger partial charge in [-0.2, -0.15) is 0 Å². The minimum absolute atomic E-state index is 0. The van der Waals surface area contributed by atoms with E-state index in [-0.39, 0.29) is 23.0 Å². The summed E-state index contributed by atoms with van der Waals surface area (Å²) in [4.78, 5) is 10.7. The van der Waals surface area contributed by atoms with Gasteiger partial charge in [0.2, 0.25) is 0 Å². The number of carboxylic acid groups (broad SMARTS) is 1. The molecule has 0 bridgehead atoms. The predicted octanol–water partition coefficient (Wildman–Crippen LogP) is 1.76. The molecule has 0 aromatic carbocycles. The molecular weight excluding hydrogens is 230 g/mol. The Bertz CT molecular complexity index is 168. The fraction of sp³-hybridized carbons (Fsp3) is 0.900. The summed E-state index contributed by atoms with van der Waals surface area (Å²) < 4.78 is 0. The van der Waals surface area contributed by atoms with Crippen LogP contribution in [0.5, 0.6) is 0 Å². The summed E-state index contributed by atoms with van der Waals surface area (Å²) in [7, 11) is 0. The molecule has 1 unspecified atom stereocenters. The maximum absolute atomic E-state index is 10.7. The van der Waals surface area contributed by atoms with Crippen molar-refractivity contribution < 1.29 is 27.0 Å². The van der Waals surface area contributed by atoms with E-state index >= 15 is 0 Å². The molecule has 0 saturated heterocycles. The van der Waals surface area contributed by atoms with Crippen molar-refractivity contribution in [2.24, 2.45) is 11.7 Å². The van der Waals surface area contributed by atoms with Crippen LogP contribution in [-0.2, 0) is 21.9 Å². The van der Waals surface area contributed by atoms with Gasteiger partial charge in [0.05, 0.1) is 0 Å². The van der Waals surface area contributed by atoms with Gasteiger partial charge < -0.3 is 10.8 Å². The van der Waals surface area contributed by atoms with Gasteiger partial charge in [0, 0.05) is 17.1 Å². The molecule has 0 spiro atoms. The first-order valence-electron chi connectivity index (χ1n) is 5.20. The Morgan fingerprint density at radius 2 is 1.57 bits per heavy atom. The van der Waals surface area contributed by atoms with E-state index in [1.54, 1.807) is 0 Å². The van der Waals surface area contributed by atoms with Crippen LogP contribution in [0.3, 0.4) is 0 Å². The molecule has 1 rings (SSSR count). The average Bonchev–Trinajstić information content (AvgIpc) is 2.02. The number of carboxylic acids is 1. The maximum atomic E-state index is 10.7. The van der Waals surface area contributed by atoms with Gasteiger partial charge in [-0.25, -0.2) is 0 Å². The van der Waals surface area contributed by atoms with Crippen LogP contribution in [0.15, 0.2) is 0 Å². The third-order valence-corrected chi connectivity index (χ3v) is 2.94. The van der Waals surface area contributed by atoms with Crippen molar-refractivity contribution in [2.45, 2.75) is 51.0 Å². The van der Waals surface area contributed by atoms with E-state index in [0.717, 1.165) is 25.7 Å². The second-order valence-electron chi connectivity index (χ2n) is 3.97. The monoisotopic (exact) mass is 248 g/mol. The first-order valence-corrected chi connectivity index (χ1v) is 5.20. The van der Waals surface area contributed by atoms with Crippen LogP contribution < -0.4 is 5.73 Å². The molecule has 87 valence electrons. The summed E-state index contributed by atoms with van der Waals surface area (Å²) in [5.41, 5.74) is 5.61. The second kappa shape index (κ2) is 7.27. The molecule has 0 aliphatic heterocycles. The Labute approximate surface area is 95.9 Å². The van der Waals surface area contributed by atoms with Gasteiger partial charge in [0.25, 0.3) is 0 Å². The summed E-state index contributed by atoms with van der Waals surface area (Å²) in [6, 6.07) is -0.641. The Kier molecular flexibility index (Phi) is 7.24. The fourth-order valence-electron chi connectivity index (χ4n) is 2.05. The van der Waals surface area contributed by atoms with E-state index in [0.29, 0.717) is 0 Å². The van der Waals surface area contributed by atoms with Crippen LogP contribution in [0, 0.1) is 5.92 Å². The molecule has 1 saturated carbocycles. The van der Waals surface area contributed by atoms with Crippen LogP contribution in [0.2, 0.25) is 0 Å². The van der Waals surface area contributed by atoms with Crippen LogP contribution in [-0.4, -0.2) is 17.1 Å².